The van der Waals surface area contributed by atoms with E-state index in [1.165, 1.54) is 6.07 Å². The summed E-state index contributed by atoms with van der Waals surface area (Å²) in [5.74, 6) is 1.38. The van der Waals surface area contributed by atoms with Crippen LogP contribution in [-0.2, 0) is 6.61 Å². The third-order valence-electron chi connectivity index (χ3n) is 4.49. The fourth-order valence-corrected chi connectivity index (χ4v) is 3.53. The van der Waals surface area contributed by atoms with Gasteiger partial charge in [-0.05, 0) is 82.5 Å². The molecule has 0 aromatic heterocycles. The van der Waals surface area contributed by atoms with Gasteiger partial charge in [-0.15, -0.1) is 0 Å². The molecule has 4 nitrogen and oxygen atoms in total. The summed E-state index contributed by atoms with van der Waals surface area (Å²) in [6.07, 6.45) is 1.77. The lowest BCUT2D eigenvalue weighted by Gasteiger charge is -2.15. The zero-order valence-electron chi connectivity index (χ0n) is 17.2. The quantitative estimate of drug-likeness (QED) is 0.267. The van der Waals surface area contributed by atoms with E-state index in [0.29, 0.717) is 33.7 Å². The fourth-order valence-electron chi connectivity index (χ4n) is 2.96. The van der Waals surface area contributed by atoms with Crippen molar-refractivity contribution in [2.75, 3.05) is 13.7 Å². The molecule has 6 heteroatoms. The lowest BCUT2D eigenvalue weighted by Crippen LogP contribution is -2.02. The smallest absolute Gasteiger partial charge is 0.175 e. The van der Waals surface area contributed by atoms with Gasteiger partial charge in [0.15, 0.2) is 11.5 Å². The largest absolute Gasteiger partial charge is 0.497 e. The molecule has 0 heterocycles. The molecular formula is C25H21BrFNO3. The number of allylic oxidation sites excluding steroid dienone is 1. The van der Waals surface area contributed by atoms with Crippen molar-refractivity contribution in [2.24, 2.45) is 0 Å². The molecule has 0 unspecified atom stereocenters. The molecule has 0 N–H and O–H groups in total. The highest BCUT2D eigenvalue weighted by atomic mass is 79.9. The van der Waals surface area contributed by atoms with Crippen LogP contribution in [0.4, 0.5) is 4.39 Å². The van der Waals surface area contributed by atoms with Gasteiger partial charge in [-0.3, -0.25) is 0 Å². The highest BCUT2D eigenvalue weighted by Crippen LogP contribution is 2.38. The van der Waals surface area contributed by atoms with Gasteiger partial charge in [0.05, 0.1) is 29.8 Å². The van der Waals surface area contributed by atoms with E-state index < -0.39 is 0 Å². The lowest BCUT2D eigenvalue weighted by atomic mass is 10.0. The maximum atomic E-state index is 13.9. The van der Waals surface area contributed by atoms with Gasteiger partial charge in [0.1, 0.15) is 18.2 Å². The van der Waals surface area contributed by atoms with Gasteiger partial charge in [0.2, 0.25) is 0 Å². The van der Waals surface area contributed by atoms with Gasteiger partial charge in [-0.2, -0.15) is 5.26 Å². The van der Waals surface area contributed by atoms with Crippen molar-refractivity contribution >= 4 is 27.6 Å². The minimum absolute atomic E-state index is 0.0653. The zero-order valence-corrected chi connectivity index (χ0v) is 18.8. The molecule has 3 rings (SSSR count). The van der Waals surface area contributed by atoms with Gasteiger partial charge in [-0.1, -0.05) is 18.2 Å². The molecule has 0 saturated heterocycles. The predicted molar refractivity (Wildman–Crippen MR) is 123 cm³/mol. The summed E-state index contributed by atoms with van der Waals surface area (Å²) in [6, 6.07) is 19.6. The van der Waals surface area contributed by atoms with E-state index in [1.54, 1.807) is 37.5 Å². The first-order chi connectivity index (χ1) is 15.0. The molecule has 0 aliphatic rings. The average molecular weight is 482 g/mol. The number of rotatable bonds is 8. The molecule has 3 aromatic carbocycles. The lowest BCUT2D eigenvalue weighted by molar-refractivity contribution is 0.264. The minimum atomic E-state index is -0.325. The Morgan fingerprint density at radius 1 is 1.10 bits per heavy atom. The Labute approximate surface area is 189 Å². The van der Waals surface area contributed by atoms with E-state index in [1.807, 2.05) is 37.3 Å². The van der Waals surface area contributed by atoms with E-state index in [4.69, 9.17) is 14.2 Å². The molecule has 0 bridgehead atoms. The van der Waals surface area contributed by atoms with Crippen LogP contribution in [-0.4, -0.2) is 13.7 Å². The Kier molecular flexibility index (Phi) is 7.69. The SMILES string of the molecule is CCOc1cc(/C=C(\C#N)c2ccc(OC)cc2)cc(Br)c1OCc1ccccc1F. The van der Waals surface area contributed by atoms with Crippen molar-refractivity contribution in [3.63, 3.8) is 0 Å². The van der Waals surface area contributed by atoms with Gasteiger partial charge in [-0.25, -0.2) is 4.39 Å². The fraction of sp³-hybridized carbons (Fsp3) is 0.160. The van der Waals surface area contributed by atoms with E-state index in [9.17, 15) is 9.65 Å². The number of nitriles is 1. The van der Waals surface area contributed by atoms with Crippen molar-refractivity contribution < 1.29 is 18.6 Å². The van der Waals surface area contributed by atoms with Crippen molar-refractivity contribution in [1.82, 2.24) is 0 Å². The molecular weight excluding hydrogens is 461 g/mol. The van der Waals surface area contributed by atoms with Crippen LogP contribution < -0.4 is 14.2 Å². The molecule has 0 fully saturated rings. The molecule has 0 aliphatic carbocycles. The standard InChI is InChI=1S/C25H21BrFNO3/c1-3-30-24-14-17(12-20(15-28)18-8-10-21(29-2)11-9-18)13-22(26)25(24)31-16-19-6-4-5-7-23(19)27/h4-14H,3,16H2,1-2H3/b20-12+. The van der Waals surface area contributed by atoms with Gasteiger partial charge in [0, 0.05) is 5.56 Å². The summed E-state index contributed by atoms with van der Waals surface area (Å²) in [5.41, 5.74) is 2.49. The Bertz CT molecular complexity index is 1120. The molecule has 0 amide bonds. The summed E-state index contributed by atoms with van der Waals surface area (Å²) >= 11 is 3.52. The maximum absolute atomic E-state index is 13.9. The molecule has 0 saturated carbocycles. The van der Waals surface area contributed by atoms with Gasteiger partial charge in [0.25, 0.3) is 0 Å². The van der Waals surface area contributed by atoms with E-state index in [2.05, 4.69) is 22.0 Å². The summed E-state index contributed by atoms with van der Waals surface area (Å²) in [6.45, 7) is 2.37. The number of nitrogens with zero attached hydrogens (tertiary/aromatic N) is 1. The molecule has 0 aliphatic heterocycles. The van der Waals surface area contributed by atoms with Crippen LogP contribution in [0, 0.1) is 17.1 Å². The number of halogens is 2. The van der Waals surface area contributed by atoms with Gasteiger partial charge >= 0.3 is 0 Å². The first-order valence-corrected chi connectivity index (χ1v) is 10.4. The minimum Gasteiger partial charge on any atom is -0.497 e. The third kappa shape index (κ3) is 5.65. The predicted octanol–water partition coefficient (Wildman–Crippen LogP) is 6.64. The van der Waals surface area contributed by atoms with Crippen molar-refractivity contribution in [3.05, 3.63) is 87.6 Å². The molecule has 3 aromatic rings. The number of hydrogen-bond acceptors (Lipinski definition) is 4. The van der Waals surface area contributed by atoms with Gasteiger partial charge < -0.3 is 14.2 Å². The normalized spacial score (nSPS) is 11.0. The Balaban J connectivity index is 1.92. The highest BCUT2D eigenvalue weighted by molar-refractivity contribution is 9.10. The molecule has 0 spiro atoms. The zero-order chi connectivity index (χ0) is 22.2. The second-order valence-electron chi connectivity index (χ2n) is 6.54. The van der Waals surface area contributed by atoms with Crippen LogP contribution in [0.1, 0.15) is 23.6 Å². The van der Waals surface area contributed by atoms with Crippen LogP contribution in [0.2, 0.25) is 0 Å². The first-order valence-electron chi connectivity index (χ1n) is 9.64. The summed E-state index contributed by atoms with van der Waals surface area (Å²) in [5, 5.41) is 9.65. The van der Waals surface area contributed by atoms with Crippen LogP contribution in [0.5, 0.6) is 17.2 Å². The topological polar surface area (TPSA) is 51.5 Å². The molecule has 158 valence electrons. The monoisotopic (exact) mass is 481 g/mol. The van der Waals surface area contributed by atoms with Crippen molar-refractivity contribution in [3.8, 4) is 23.3 Å². The van der Waals surface area contributed by atoms with Crippen LogP contribution in [0.3, 0.4) is 0 Å². The van der Waals surface area contributed by atoms with Crippen molar-refractivity contribution in [2.45, 2.75) is 13.5 Å². The van der Waals surface area contributed by atoms with E-state index in [0.717, 1.165) is 16.9 Å². The second kappa shape index (κ2) is 10.6. The Morgan fingerprint density at radius 2 is 1.84 bits per heavy atom. The number of methoxy groups -OCH3 is 1. The Morgan fingerprint density at radius 3 is 2.48 bits per heavy atom. The molecule has 0 radical (unpaired) electrons. The second-order valence-corrected chi connectivity index (χ2v) is 7.40. The van der Waals surface area contributed by atoms with Crippen LogP contribution in [0.25, 0.3) is 11.6 Å². The maximum Gasteiger partial charge on any atom is 0.175 e. The summed E-state index contributed by atoms with van der Waals surface area (Å²) in [7, 11) is 1.60. The van der Waals surface area contributed by atoms with Crippen LogP contribution >= 0.6 is 15.9 Å². The number of ether oxygens (including phenoxy) is 3. The molecule has 0 atom stereocenters. The molecule has 31 heavy (non-hydrogen) atoms. The third-order valence-corrected chi connectivity index (χ3v) is 5.08. The average Bonchev–Trinajstić information content (AvgIpc) is 2.78. The van der Waals surface area contributed by atoms with Crippen molar-refractivity contribution in [1.29, 1.82) is 5.26 Å². The first kappa shape index (κ1) is 22.4. The number of hydrogen-bond donors (Lipinski definition) is 0. The summed E-state index contributed by atoms with van der Waals surface area (Å²) < 4.78 is 31.4. The Hall–Kier alpha value is -3.30. The summed E-state index contributed by atoms with van der Waals surface area (Å²) in [4.78, 5) is 0. The van der Waals surface area contributed by atoms with E-state index >= 15 is 0 Å². The van der Waals surface area contributed by atoms with Crippen LogP contribution in [0.15, 0.2) is 65.1 Å². The van der Waals surface area contributed by atoms with E-state index in [-0.39, 0.29) is 12.4 Å². The number of benzene rings is 3. The highest BCUT2D eigenvalue weighted by Gasteiger charge is 2.14.